The van der Waals surface area contributed by atoms with Crippen molar-refractivity contribution in [3.63, 3.8) is 0 Å². The van der Waals surface area contributed by atoms with E-state index in [1.165, 1.54) is 6.42 Å². The van der Waals surface area contributed by atoms with E-state index < -0.39 is 0 Å². The molecular weight excluding hydrogens is 352 g/mol. The third-order valence-electron chi connectivity index (χ3n) is 5.38. The van der Waals surface area contributed by atoms with E-state index in [0.717, 1.165) is 53.0 Å². The molecule has 3 aromatic rings. The molecule has 0 bridgehead atoms. The molecule has 6 nitrogen and oxygen atoms in total. The number of nitrogens with zero attached hydrogens (tertiary/aromatic N) is 4. The zero-order chi connectivity index (χ0) is 19.8. The molecule has 0 spiro atoms. The van der Waals surface area contributed by atoms with Crippen molar-refractivity contribution in [3.8, 4) is 22.8 Å². The normalized spacial score (nSPS) is 19.8. The Bertz CT molecular complexity index is 965. The van der Waals surface area contributed by atoms with Crippen molar-refractivity contribution < 1.29 is 9.47 Å². The van der Waals surface area contributed by atoms with E-state index in [4.69, 9.17) is 19.6 Å². The van der Waals surface area contributed by atoms with E-state index in [1.807, 2.05) is 35.7 Å². The lowest BCUT2D eigenvalue weighted by molar-refractivity contribution is 0.354. The molecule has 4 rings (SSSR count). The number of methoxy groups -OCH3 is 2. The van der Waals surface area contributed by atoms with Gasteiger partial charge in [0.05, 0.1) is 19.9 Å². The van der Waals surface area contributed by atoms with Crippen LogP contribution in [0, 0.1) is 18.8 Å². The third kappa shape index (κ3) is 3.51. The summed E-state index contributed by atoms with van der Waals surface area (Å²) in [6.45, 7) is 8.79. The highest BCUT2D eigenvalue weighted by atomic mass is 16.5. The molecule has 1 fully saturated rings. The van der Waals surface area contributed by atoms with Gasteiger partial charge in [0.15, 0.2) is 5.65 Å². The van der Waals surface area contributed by atoms with Crippen LogP contribution in [-0.4, -0.2) is 41.9 Å². The number of benzene rings is 1. The molecule has 2 unspecified atom stereocenters. The van der Waals surface area contributed by atoms with Gasteiger partial charge in [-0.2, -0.15) is 9.61 Å². The Hall–Kier alpha value is -2.76. The van der Waals surface area contributed by atoms with Crippen molar-refractivity contribution in [1.29, 1.82) is 0 Å². The number of rotatable bonds is 4. The molecule has 1 saturated heterocycles. The number of ether oxygens (including phenoxy) is 2. The standard InChI is InChI=1S/C22H28N4O2/c1-14-6-15(2)13-25(12-14)22-7-16(3)23-21-11-20(24-26(21)22)17-8-18(27-4)10-19(9-17)28-5/h7-11,14-15H,6,12-13H2,1-5H3. The minimum Gasteiger partial charge on any atom is -0.497 e. The molecule has 1 aromatic carbocycles. The Kier molecular flexibility index (Phi) is 4.87. The first-order valence-electron chi connectivity index (χ1n) is 9.82. The van der Waals surface area contributed by atoms with Gasteiger partial charge in [-0.05, 0) is 37.3 Å². The zero-order valence-electron chi connectivity index (χ0n) is 17.3. The first kappa shape index (κ1) is 18.6. The molecule has 0 radical (unpaired) electrons. The minimum atomic E-state index is 0.671. The SMILES string of the molecule is COc1cc(OC)cc(-c2cc3nc(C)cc(N4CC(C)CC(C)C4)n3n2)c1. The van der Waals surface area contributed by atoms with Gasteiger partial charge in [0, 0.05) is 42.5 Å². The van der Waals surface area contributed by atoms with Crippen LogP contribution in [0.15, 0.2) is 30.3 Å². The van der Waals surface area contributed by atoms with Crippen LogP contribution in [0.3, 0.4) is 0 Å². The van der Waals surface area contributed by atoms with Gasteiger partial charge in [-0.1, -0.05) is 13.8 Å². The number of aromatic nitrogens is 3. The van der Waals surface area contributed by atoms with E-state index in [9.17, 15) is 0 Å². The maximum Gasteiger partial charge on any atom is 0.158 e. The number of anilines is 1. The lowest BCUT2D eigenvalue weighted by Gasteiger charge is -2.36. The Balaban J connectivity index is 1.81. The van der Waals surface area contributed by atoms with Crippen LogP contribution in [0.5, 0.6) is 11.5 Å². The molecule has 148 valence electrons. The highest BCUT2D eigenvalue weighted by Gasteiger charge is 2.24. The molecule has 0 saturated carbocycles. The zero-order valence-corrected chi connectivity index (χ0v) is 17.3. The quantitative estimate of drug-likeness (QED) is 0.679. The van der Waals surface area contributed by atoms with Crippen molar-refractivity contribution >= 4 is 11.5 Å². The number of piperidine rings is 1. The first-order valence-corrected chi connectivity index (χ1v) is 9.82. The fourth-order valence-electron chi connectivity index (χ4n) is 4.25. The lowest BCUT2D eigenvalue weighted by Crippen LogP contribution is -2.39. The predicted octanol–water partition coefficient (Wildman–Crippen LogP) is 4.20. The third-order valence-corrected chi connectivity index (χ3v) is 5.38. The second kappa shape index (κ2) is 7.34. The van der Waals surface area contributed by atoms with E-state index in [-0.39, 0.29) is 0 Å². The molecular formula is C22H28N4O2. The van der Waals surface area contributed by atoms with E-state index in [0.29, 0.717) is 11.8 Å². The molecule has 1 aliphatic rings. The summed E-state index contributed by atoms with van der Waals surface area (Å²) < 4.78 is 12.8. The summed E-state index contributed by atoms with van der Waals surface area (Å²) in [6.07, 6.45) is 1.28. The van der Waals surface area contributed by atoms with Gasteiger partial charge < -0.3 is 14.4 Å². The molecule has 2 atom stereocenters. The fourth-order valence-corrected chi connectivity index (χ4v) is 4.25. The van der Waals surface area contributed by atoms with Crippen molar-refractivity contribution in [2.45, 2.75) is 27.2 Å². The van der Waals surface area contributed by atoms with Crippen molar-refractivity contribution in [3.05, 3.63) is 36.0 Å². The highest BCUT2D eigenvalue weighted by Crippen LogP contribution is 2.32. The molecule has 28 heavy (non-hydrogen) atoms. The van der Waals surface area contributed by atoms with Crippen molar-refractivity contribution in [2.24, 2.45) is 11.8 Å². The average molecular weight is 380 g/mol. The summed E-state index contributed by atoms with van der Waals surface area (Å²) in [5.74, 6) is 3.95. The minimum absolute atomic E-state index is 0.671. The van der Waals surface area contributed by atoms with Crippen molar-refractivity contribution in [1.82, 2.24) is 14.6 Å². The number of aryl methyl sites for hydroxylation is 1. The summed E-state index contributed by atoms with van der Waals surface area (Å²) >= 11 is 0. The fraction of sp³-hybridized carbons (Fsp3) is 0.455. The number of fused-ring (bicyclic) bond motifs is 1. The maximum atomic E-state index is 5.42. The van der Waals surface area contributed by atoms with Crippen LogP contribution < -0.4 is 14.4 Å². The Morgan fingerprint density at radius 3 is 2.18 bits per heavy atom. The topological polar surface area (TPSA) is 51.9 Å². The highest BCUT2D eigenvalue weighted by molar-refractivity contribution is 5.69. The van der Waals surface area contributed by atoms with Gasteiger partial charge in [-0.15, -0.1) is 0 Å². The van der Waals surface area contributed by atoms with E-state index in [1.54, 1.807) is 14.2 Å². The van der Waals surface area contributed by atoms with Gasteiger partial charge in [-0.3, -0.25) is 0 Å². The summed E-state index contributed by atoms with van der Waals surface area (Å²) in [4.78, 5) is 7.16. The van der Waals surface area contributed by atoms with Crippen LogP contribution >= 0.6 is 0 Å². The predicted molar refractivity (Wildman–Crippen MR) is 111 cm³/mol. The lowest BCUT2D eigenvalue weighted by atomic mass is 9.92. The number of hydrogen-bond donors (Lipinski definition) is 0. The second-order valence-electron chi connectivity index (χ2n) is 8.01. The smallest absolute Gasteiger partial charge is 0.158 e. The van der Waals surface area contributed by atoms with Crippen LogP contribution in [-0.2, 0) is 0 Å². The van der Waals surface area contributed by atoms with Gasteiger partial charge in [-0.25, -0.2) is 4.98 Å². The average Bonchev–Trinajstić information content (AvgIpc) is 3.10. The monoisotopic (exact) mass is 380 g/mol. The van der Waals surface area contributed by atoms with Gasteiger partial charge >= 0.3 is 0 Å². The Morgan fingerprint density at radius 1 is 0.929 bits per heavy atom. The molecule has 0 N–H and O–H groups in total. The molecule has 2 aromatic heterocycles. The molecule has 1 aliphatic heterocycles. The Morgan fingerprint density at radius 2 is 1.57 bits per heavy atom. The first-order chi connectivity index (χ1) is 13.5. The van der Waals surface area contributed by atoms with Crippen LogP contribution in [0.4, 0.5) is 5.82 Å². The summed E-state index contributed by atoms with van der Waals surface area (Å²) in [7, 11) is 3.31. The van der Waals surface area contributed by atoms with Crippen LogP contribution in [0.2, 0.25) is 0 Å². The summed E-state index contributed by atoms with van der Waals surface area (Å²) in [5.41, 5.74) is 3.67. The summed E-state index contributed by atoms with van der Waals surface area (Å²) in [5, 5.41) is 4.90. The summed E-state index contributed by atoms with van der Waals surface area (Å²) in [6, 6.07) is 9.98. The van der Waals surface area contributed by atoms with Crippen LogP contribution in [0.25, 0.3) is 16.9 Å². The van der Waals surface area contributed by atoms with Gasteiger partial charge in [0.2, 0.25) is 0 Å². The van der Waals surface area contributed by atoms with E-state index in [2.05, 4.69) is 24.8 Å². The largest absolute Gasteiger partial charge is 0.497 e. The maximum absolute atomic E-state index is 5.42. The van der Waals surface area contributed by atoms with Gasteiger partial charge in [0.25, 0.3) is 0 Å². The van der Waals surface area contributed by atoms with Crippen molar-refractivity contribution in [2.75, 3.05) is 32.2 Å². The molecule has 6 heteroatoms. The van der Waals surface area contributed by atoms with Gasteiger partial charge in [0.1, 0.15) is 17.3 Å². The number of hydrogen-bond acceptors (Lipinski definition) is 5. The second-order valence-corrected chi connectivity index (χ2v) is 8.01. The van der Waals surface area contributed by atoms with Crippen LogP contribution in [0.1, 0.15) is 26.0 Å². The Labute approximate surface area is 166 Å². The van der Waals surface area contributed by atoms with E-state index >= 15 is 0 Å². The molecule has 3 heterocycles. The molecule has 0 amide bonds. The molecule has 0 aliphatic carbocycles.